The van der Waals surface area contributed by atoms with Crippen LogP contribution in [0, 0.1) is 0 Å². The first-order valence-corrected chi connectivity index (χ1v) is 7.43. The second kappa shape index (κ2) is 6.45. The normalized spacial score (nSPS) is 22.9. The zero-order chi connectivity index (χ0) is 13.6. The van der Waals surface area contributed by atoms with Gasteiger partial charge in [0.2, 0.25) is 0 Å². The van der Waals surface area contributed by atoms with Crippen LogP contribution in [0.25, 0.3) is 0 Å². The highest BCUT2D eigenvalue weighted by Crippen LogP contribution is 2.28. The third-order valence-corrected chi connectivity index (χ3v) is 3.75. The van der Waals surface area contributed by atoms with Crippen molar-refractivity contribution in [2.45, 2.75) is 56.9 Å². The zero-order valence-electron chi connectivity index (χ0n) is 10.0. The number of hydrogen-bond acceptors (Lipinski definition) is 3. The maximum Gasteiger partial charge on any atom is 0.534 e. The van der Waals surface area contributed by atoms with Crippen LogP contribution in [-0.2, 0) is 14.3 Å². The van der Waals surface area contributed by atoms with Gasteiger partial charge in [-0.15, -0.1) is 0 Å². The van der Waals surface area contributed by atoms with Gasteiger partial charge < -0.3 is 4.18 Å². The second-order valence-corrected chi connectivity index (χ2v) is 5.85. The third-order valence-electron chi connectivity index (χ3n) is 2.75. The Kier molecular flexibility index (Phi) is 5.49. The van der Waals surface area contributed by atoms with Gasteiger partial charge in [0.25, 0.3) is 0 Å². The fourth-order valence-electron chi connectivity index (χ4n) is 1.78. The molecule has 0 saturated carbocycles. The summed E-state index contributed by atoms with van der Waals surface area (Å²) in [5.74, 6) is -0.0748. The van der Waals surface area contributed by atoms with Crippen molar-refractivity contribution >= 4 is 10.1 Å². The highest BCUT2D eigenvalue weighted by molar-refractivity contribution is 7.87. The van der Waals surface area contributed by atoms with Gasteiger partial charge in [-0.05, 0) is 25.3 Å². The molecular formula is C11H17F3O3S. The molecule has 0 N–H and O–H groups in total. The van der Waals surface area contributed by atoms with Gasteiger partial charge in [-0.1, -0.05) is 25.7 Å². The molecule has 1 rings (SSSR count). The first-order chi connectivity index (χ1) is 8.33. The molecule has 0 aliphatic heterocycles. The minimum absolute atomic E-state index is 0.0748. The van der Waals surface area contributed by atoms with Crippen LogP contribution >= 0.6 is 0 Å². The molecule has 0 aromatic rings. The molecule has 0 atom stereocenters. The van der Waals surface area contributed by atoms with E-state index < -0.39 is 15.6 Å². The summed E-state index contributed by atoms with van der Waals surface area (Å²) in [4.78, 5) is 0. The molecule has 18 heavy (non-hydrogen) atoms. The average Bonchev–Trinajstić information content (AvgIpc) is 2.25. The van der Waals surface area contributed by atoms with Crippen LogP contribution < -0.4 is 0 Å². The molecule has 106 valence electrons. The predicted octanol–water partition coefficient (Wildman–Crippen LogP) is 3.87. The molecule has 0 unspecified atom stereocenters. The van der Waals surface area contributed by atoms with Crippen LogP contribution in [0.3, 0.4) is 0 Å². The van der Waals surface area contributed by atoms with Crippen LogP contribution in [-0.4, -0.2) is 13.9 Å². The molecule has 0 amide bonds. The summed E-state index contributed by atoms with van der Waals surface area (Å²) in [6, 6.07) is 0. The lowest BCUT2D eigenvalue weighted by atomic mass is 10.0. The maximum absolute atomic E-state index is 12.2. The fourth-order valence-corrected chi connectivity index (χ4v) is 2.31. The Bertz CT molecular complexity index is 385. The van der Waals surface area contributed by atoms with Crippen molar-refractivity contribution < 1.29 is 25.8 Å². The second-order valence-electron chi connectivity index (χ2n) is 4.31. The van der Waals surface area contributed by atoms with Crippen LogP contribution in [0.5, 0.6) is 0 Å². The van der Waals surface area contributed by atoms with Crippen LogP contribution in [0.4, 0.5) is 13.2 Å². The summed E-state index contributed by atoms with van der Waals surface area (Å²) < 4.78 is 62.5. The molecule has 7 heteroatoms. The molecule has 0 aromatic carbocycles. The summed E-state index contributed by atoms with van der Waals surface area (Å²) >= 11 is 0. The quantitative estimate of drug-likeness (QED) is 0.571. The maximum atomic E-state index is 12.2. The Balaban J connectivity index is 2.70. The Hall–Kier alpha value is -0.720. The van der Waals surface area contributed by atoms with Crippen LogP contribution in [0.1, 0.15) is 51.4 Å². The van der Waals surface area contributed by atoms with Crippen molar-refractivity contribution in [2.75, 3.05) is 0 Å². The first-order valence-electron chi connectivity index (χ1n) is 6.03. The summed E-state index contributed by atoms with van der Waals surface area (Å²) in [5, 5.41) is 0. The molecule has 0 saturated heterocycles. The van der Waals surface area contributed by atoms with E-state index >= 15 is 0 Å². The molecular weight excluding hydrogens is 269 g/mol. The van der Waals surface area contributed by atoms with Gasteiger partial charge in [0, 0.05) is 6.42 Å². The van der Waals surface area contributed by atoms with Crippen LogP contribution in [0.15, 0.2) is 11.8 Å². The summed E-state index contributed by atoms with van der Waals surface area (Å²) in [6.45, 7) is 0. The molecule has 0 bridgehead atoms. The first kappa shape index (κ1) is 15.3. The van der Waals surface area contributed by atoms with Crippen molar-refractivity contribution in [3.05, 3.63) is 11.8 Å². The lowest BCUT2D eigenvalue weighted by Gasteiger charge is -2.13. The smallest absolute Gasteiger partial charge is 0.381 e. The van der Waals surface area contributed by atoms with Gasteiger partial charge in [-0.2, -0.15) is 21.6 Å². The Labute approximate surface area is 105 Å². The van der Waals surface area contributed by atoms with Crippen molar-refractivity contribution in [3.63, 3.8) is 0 Å². The van der Waals surface area contributed by atoms with Gasteiger partial charge in [0.1, 0.15) is 5.76 Å². The monoisotopic (exact) mass is 286 g/mol. The molecule has 1 aliphatic carbocycles. The zero-order valence-corrected chi connectivity index (χ0v) is 10.8. The molecule has 0 spiro atoms. The van der Waals surface area contributed by atoms with E-state index in [2.05, 4.69) is 4.18 Å². The highest BCUT2D eigenvalue weighted by Gasteiger charge is 2.48. The number of rotatable bonds is 2. The van der Waals surface area contributed by atoms with Crippen molar-refractivity contribution in [1.82, 2.24) is 0 Å². The lowest BCUT2D eigenvalue weighted by molar-refractivity contribution is -0.0523. The van der Waals surface area contributed by atoms with E-state index in [0.29, 0.717) is 12.8 Å². The van der Waals surface area contributed by atoms with Gasteiger partial charge in [0.15, 0.2) is 0 Å². The fraction of sp³-hybridized carbons (Fsp3) is 0.818. The Morgan fingerprint density at radius 2 is 1.56 bits per heavy atom. The Morgan fingerprint density at radius 3 is 2.17 bits per heavy atom. The molecule has 0 heterocycles. The van der Waals surface area contributed by atoms with E-state index in [1.807, 2.05) is 0 Å². The topological polar surface area (TPSA) is 43.4 Å². The molecule has 1 aliphatic rings. The summed E-state index contributed by atoms with van der Waals surface area (Å²) in [7, 11) is -5.51. The van der Waals surface area contributed by atoms with Gasteiger partial charge in [-0.25, -0.2) is 0 Å². The van der Waals surface area contributed by atoms with Gasteiger partial charge in [0.05, 0.1) is 0 Å². The highest BCUT2D eigenvalue weighted by atomic mass is 32.2. The minimum atomic E-state index is -5.51. The predicted molar refractivity (Wildman–Crippen MR) is 61.1 cm³/mol. The number of halogens is 3. The minimum Gasteiger partial charge on any atom is -0.381 e. The molecule has 0 aromatic heterocycles. The molecule has 0 radical (unpaired) electrons. The van der Waals surface area contributed by atoms with E-state index in [4.69, 9.17) is 0 Å². The summed E-state index contributed by atoms with van der Waals surface area (Å²) in [5.41, 5.74) is -5.36. The average molecular weight is 286 g/mol. The van der Waals surface area contributed by atoms with E-state index in [0.717, 1.165) is 32.1 Å². The van der Waals surface area contributed by atoms with E-state index in [1.165, 1.54) is 6.08 Å². The standard InChI is InChI=1S/C11H17F3O3S/c12-11(13,14)18(15,16)17-10-8-6-4-2-1-3-5-7-9-10/h8H,1-7,9H2/b10-8-. The molecule has 3 nitrogen and oxygen atoms in total. The van der Waals surface area contributed by atoms with Crippen molar-refractivity contribution in [1.29, 1.82) is 0 Å². The van der Waals surface area contributed by atoms with Crippen molar-refractivity contribution in [3.8, 4) is 0 Å². The van der Waals surface area contributed by atoms with Gasteiger partial charge in [-0.3, -0.25) is 0 Å². The number of alkyl halides is 3. The summed E-state index contributed by atoms with van der Waals surface area (Å²) in [6.07, 6.45) is 7.80. The van der Waals surface area contributed by atoms with E-state index in [9.17, 15) is 21.6 Å². The number of allylic oxidation sites excluding steroid dienone is 2. The van der Waals surface area contributed by atoms with Crippen LogP contribution in [0.2, 0.25) is 0 Å². The SMILES string of the molecule is O=S(=O)(O/C1=C\CCCCCCCC1)C(F)(F)F. The Morgan fingerprint density at radius 1 is 1.00 bits per heavy atom. The van der Waals surface area contributed by atoms with Gasteiger partial charge >= 0.3 is 15.6 Å². The van der Waals surface area contributed by atoms with Crippen molar-refractivity contribution in [2.24, 2.45) is 0 Å². The third kappa shape index (κ3) is 4.88. The lowest BCUT2D eigenvalue weighted by Crippen LogP contribution is -2.25. The van der Waals surface area contributed by atoms with E-state index in [1.54, 1.807) is 0 Å². The van der Waals surface area contributed by atoms with E-state index in [-0.39, 0.29) is 12.2 Å². The number of hydrogen-bond donors (Lipinski definition) is 0. The largest absolute Gasteiger partial charge is 0.534 e. The molecule has 0 fully saturated rings.